The first-order valence-corrected chi connectivity index (χ1v) is 10.8. The van der Waals surface area contributed by atoms with Crippen LogP contribution in [0.2, 0.25) is 0 Å². The molecular formula is C25H28N4O. The van der Waals surface area contributed by atoms with Gasteiger partial charge < -0.3 is 10.6 Å². The highest BCUT2D eigenvalue weighted by molar-refractivity contribution is 5.94. The summed E-state index contributed by atoms with van der Waals surface area (Å²) in [7, 11) is 0. The topological polar surface area (TPSA) is 66.9 Å². The van der Waals surface area contributed by atoms with E-state index < -0.39 is 0 Å². The lowest BCUT2D eigenvalue weighted by atomic mass is 10.1. The molecule has 0 saturated heterocycles. The molecule has 30 heavy (non-hydrogen) atoms. The van der Waals surface area contributed by atoms with Gasteiger partial charge in [0, 0.05) is 29.1 Å². The van der Waals surface area contributed by atoms with Crippen molar-refractivity contribution in [1.29, 1.82) is 0 Å². The number of hydrogen-bond donors (Lipinski definition) is 2. The fraction of sp³-hybridized carbons (Fsp3) is 0.320. The number of nitrogens with zero attached hydrogens (tertiary/aromatic N) is 2. The monoisotopic (exact) mass is 400 g/mol. The predicted octanol–water partition coefficient (Wildman–Crippen LogP) is 5.65. The maximum Gasteiger partial charge on any atom is 0.251 e. The summed E-state index contributed by atoms with van der Waals surface area (Å²) in [5.41, 5.74) is 3.76. The zero-order valence-corrected chi connectivity index (χ0v) is 17.4. The SMILES string of the molecule is Cc1ccc(-c2nccc(Nc3ccc(C(=O)NC4CCCCCC4)cc3)n2)cc1. The van der Waals surface area contributed by atoms with Gasteiger partial charge in [-0.05, 0) is 50.1 Å². The van der Waals surface area contributed by atoms with Gasteiger partial charge in [0.15, 0.2) is 5.82 Å². The van der Waals surface area contributed by atoms with Crippen LogP contribution in [0.5, 0.6) is 0 Å². The van der Waals surface area contributed by atoms with Crippen LogP contribution in [0.1, 0.15) is 54.4 Å². The van der Waals surface area contributed by atoms with Gasteiger partial charge in [-0.15, -0.1) is 0 Å². The number of nitrogens with one attached hydrogen (secondary N) is 2. The molecule has 0 radical (unpaired) electrons. The maximum absolute atomic E-state index is 12.6. The summed E-state index contributed by atoms with van der Waals surface area (Å²) in [6, 6.07) is 17.8. The van der Waals surface area contributed by atoms with E-state index in [2.05, 4.69) is 39.7 Å². The minimum atomic E-state index is 0.0112. The second-order valence-electron chi connectivity index (χ2n) is 8.00. The Morgan fingerprint density at radius 2 is 1.60 bits per heavy atom. The minimum Gasteiger partial charge on any atom is -0.349 e. The molecule has 1 heterocycles. The second-order valence-corrected chi connectivity index (χ2v) is 8.00. The average molecular weight is 401 g/mol. The number of rotatable bonds is 5. The van der Waals surface area contributed by atoms with E-state index in [1.165, 1.54) is 31.2 Å². The van der Waals surface area contributed by atoms with Crippen LogP contribution >= 0.6 is 0 Å². The Labute approximate surface area is 178 Å². The highest BCUT2D eigenvalue weighted by atomic mass is 16.1. The normalized spacial score (nSPS) is 14.7. The summed E-state index contributed by atoms with van der Waals surface area (Å²) < 4.78 is 0. The highest BCUT2D eigenvalue weighted by Crippen LogP contribution is 2.21. The number of hydrogen-bond acceptors (Lipinski definition) is 4. The van der Waals surface area contributed by atoms with Gasteiger partial charge in [-0.25, -0.2) is 9.97 Å². The Balaban J connectivity index is 1.40. The van der Waals surface area contributed by atoms with Crippen molar-refractivity contribution in [3.8, 4) is 11.4 Å². The van der Waals surface area contributed by atoms with Crippen LogP contribution in [0.4, 0.5) is 11.5 Å². The zero-order valence-electron chi connectivity index (χ0n) is 17.4. The number of carbonyl (C=O) groups is 1. The van der Waals surface area contributed by atoms with Crippen LogP contribution in [0.15, 0.2) is 60.8 Å². The first-order chi connectivity index (χ1) is 14.7. The second kappa shape index (κ2) is 9.53. The molecule has 1 aliphatic carbocycles. The fourth-order valence-electron chi connectivity index (χ4n) is 3.82. The molecule has 0 bridgehead atoms. The Morgan fingerprint density at radius 3 is 2.30 bits per heavy atom. The number of anilines is 2. The number of aryl methyl sites for hydroxylation is 1. The largest absolute Gasteiger partial charge is 0.349 e. The van der Waals surface area contributed by atoms with E-state index in [1.54, 1.807) is 6.20 Å². The lowest BCUT2D eigenvalue weighted by Crippen LogP contribution is -2.34. The molecule has 2 aromatic carbocycles. The summed E-state index contributed by atoms with van der Waals surface area (Å²) in [4.78, 5) is 21.6. The Kier molecular flexibility index (Phi) is 6.38. The van der Waals surface area contributed by atoms with E-state index in [4.69, 9.17) is 0 Å². The van der Waals surface area contributed by atoms with Crippen molar-refractivity contribution in [2.45, 2.75) is 51.5 Å². The van der Waals surface area contributed by atoms with E-state index in [-0.39, 0.29) is 5.91 Å². The molecular weight excluding hydrogens is 372 g/mol. The lowest BCUT2D eigenvalue weighted by molar-refractivity contribution is 0.0933. The van der Waals surface area contributed by atoms with Crippen LogP contribution in [0.25, 0.3) is 11.4 Å². The summed E-state index contributed by atoms with van der Waals surface area (Å²) >= 11 is 0. The van der Waals surface area contributed by atoms with E-state index in [0.717, 1.165) is 29.9 Å². The molecule has 0 spiro atoms. The van der Waals surface area contributed by atoms with Gasteiger partial charge in [0.2, 0.25) is 0 Å². The smallest absolute Gasteiger partial charge is 0.251 e. The Morgan fingerprint density at radius 1 is 0.900 bits per heavy atom. The quantitative estimate of drug-likeness (QED) is 0.543. The number of carbonyl (C=O) groups excluding carboxylic acids is 1. The molecule has 0 aliphatic heterocycles. The highest BCUT2D eigenvalue weighted by Gasteiger charge is 2.15. The van der Waals surface area contributed by atoms with Gasteiger partial charge in [-0.2, -0.15) is 0 Å². The van der Waals surface area contributed by atoms with Gasteiger partial charge in [0.1, 0.15) is 5.82 Å². The summed E-state index contributed by atoms with van der Waals surface area (Å²) in [5.74, 6) is 1.41. The standard InChI is InChI=1S/C25H28N4O/c1-18-8-10-19(11-9-18)24-26-17-16-23(29-24)27-22-14-12-20(13-15-22)25(30)28-21-6-4-2-3-5-7-21/h8-17,21H,2-7H2,1H3,(H,28,30)(H,26,27,29). The summed E-state index contributed by atoms with van der Waals surface area (Å²) in [5, 5.41) is 6.49. The van der Waals surface area contributed by atoms with Crippen molar-refractivity contribution < 1.29 is 4.79 Å². The van der Waals surface area contributed by atoms with E-state index >= 15 is 0 Å². The fourth-order valence-corrected chi connectivity index (χ4v) is 3.82. The molecule has 3 aromatic rings. The number of benzene rings is 2. The molecule has 2 N–H and O–H groups in total. The predicted molar refractivity (Wildman–Crippen MR) is 121 cm³/mol. The van der Waals surface area contributed by atoms with Crippen molar-refractivity contribution in [2.75, 3.05) is 5.32 Å². The van der Waals surface area contributed by atoms with Crippen LogP contribution in [0.3, 0.4) is 0 Å². The van der Waals surface area contributed by atoms with Gasteiger partial charge in [-0.3, -0.25) is 4.79 Å². The van der Waals surface area contributed by atoms with Crippen molar-refractivity contribution in [3.05, 3.63) is 71.9 Å². The van der Waals surface area contributed by atoms with E-state index in [0.29, 0.717) is 17.4 Å². The van der Waals surface area contributed by atoms with E-state index in [1.807, 2.05) is 42.5 Å². The third kappa shape index (κ3) is 5.23. The van der Waals surface area contributed by atoms with Crippen LogP contribution < -0.4 is 10.6 Å². The first-order valence-electron chi connectivity index (χ1n) is 10.8. The van der Waals surface area contributed by atoms with Crippen molar-refractivity contribution in [3.63, 3.8) is 0 Å². The molecule has 154 valence electrons. The molecule has 1 aromatic heterocycles. The van der Waals surface area contributed by atoms with Crippen molar-refractivity contribution in [1.82, 2.24) is 15.3 Å². The van der Waals surface area contributed by atoms with Crippen LogP contribution in [-0.2, 0) is 0 Å². The van der Waals surface area contributed by atoms with Gasteiger partial charge in [0.25, 0.3) is 5.91 Å². The van der Waals surface area contributed by atoms with Crippen molar-refractivity contribution >= 4 is 17.4 Å². The number of aromatic nitrogens is 2. The number of amides is 1. The van der Waals surface area contributed by atoms with Gasteiger partial charge >= 0.3 is 0 Å². The molecule has 5 nitrogen and oxygen atoms in total. The molecule has 4 rings (SSSR count). The van der Waals surface area contributed by atoms with Gasteiger partial charge in [0.05, 0.1) is 0 Å². The molecule has 1 aliphatic rings. The molecule has 0 unspecified atom stereocenters. The maximum atomic E-state index is 12.6. The average Bonchev–Trinajstić information content (AvgIpc) is 3.04. The third-order valence-corrected chi connectivity index (χ3v) is 5.58. The Hall–Kier alpha value is -3.21. The molecule has 0 atom stereocenters. The van der Waals surface area contributed by atoms with Crippen LogP contribution in [-0.4, -0.2) is 21.9 Å². The lowest BCUT2D eigenvalue weighted by Gasteiger charge is -2.16. The molecule has 1 amide bonds. The third-order valence-electron chi connectivity index (χ3n) is 5.58. The summed E-state index contributed by atoms with van der Waals surface area (Å²) in [6.07, 6.45) is 8.89. The Bertz CT molecular complexity index is 975. The molecule has 1 saturated carbocycles. The first kappa shape index (κ1) is 20.1. The molecule has 5 heteroatoms. The van der Waals surface area contributed by atoms with Crippen molar-refractivity contribution in [2.24, 2.45) is 0 Å². The minimum absolute atomic E-state index is 0.0112. The van der Waals surface area contributed by atoms with Crippen LogP contribution in [0, 0.1) is 6.92 Å². The zero-order chi connectivity index (χ0) is 20.8. The van der Waals surface area contributed by atoms with Gasteiger partial charge in [-0.1, -0.05) is 55.5 Å². The molecule has 1 fully saturated rings. The summed E-state index contributed by atoms with van der Waals surface area (Å²) in [6.45, 7) is 2.06. The van der Waals surface area contributed by atoms with E-state index in [9.17, 15) is 4.79 Å².